The van der Waals surface area contributed by atoms with Gasteiger partial charge in [0.2, 0.25) is 5.91 Å². The normalized spacial score (nSPS) is 15.7. The summed E-state index contributed by atoms with van der Waals surface area (Å²) in [5.41, 5.74) is 4.63. The highest BCUT2D eigenvalue weighted by atomic mass is 16.1. The highest BCUT2D eigenvalue weighted by Gasteiger charge is 2.20. The topological polar surface area (TPSA) is 70.7 Å². The largest absolute Gasteiger partial charge is 0.337 e. The molecule has 1 aliphatic rings. The van der Waals surface area contributed by atoms with Crippen molar-refractivity contribution in [2.45, 2.75) is 45.4 Å². The lowest BCUT2D eigenvalue weighted by Gasteiger charge is -2.14. The molecule has 5 nitrogen and oxygen atoms in total. The van der Waals surface area contributed by atoms with E-state index in [9.17, 15) is 4.79 Å². The Hall–Kier alpha value is -2.69. The van der Waals surface area contributed by atoms with E-state index in [-0.39, 0.29) is 11.8 Å². The first-order valence-corrected chi connectivity index (χ1v) is 9.43. The first kappa shape index (κ1) is 16.8. The van der Waals surface area contributed by atoms with Crippen molar-refractivity contribution in [3.8, 4) is 11.4 Å². The molecule has 0 spiro atoms. The van der Waals surface area contributed by atoms with Gasteiger partial charge in [-0.1, -0.05) is 25.7 Å². The highest BCUT2D eigenvalue weighted by molar-refractivity contribution is 5.92. The van der Waals surface area contributed by atoms with Gasteiger partial charge >= 0.3 is 0 Å². The second-order valence-corrected chi connectivity index (χ2v) is 7.18. The fourth-order valence-corrected chi connectivity index (χ4v) is 3.64. The van der Waals surface area contributed by atoms with Gasteiger partial charge in [0.1, 0.15) is 5.82 Å². The molecule has 134 valence electrons. The minimum atomic E-state index is 0.156. The van der Waals surface area contributed by atoms with E-state index in [2.05, 4.69) is 20.3 Å². The van der Waals surface area contributed by atoms with E-state index in [0.29, 0.717) is 0 Å². The van der Waals surface area contributed by atoms with Crippen LogP contribution in [-0.2, 0) is 4.79 Å². The fraction of sp³-hybridized carbons (Fsp3) is 0.381. The van der Waals surface area contributed by atoms with Crippen LogP contribution in [-0.4, -0.2) is 20.9 Å². The Morgan fingerprint density at radius 3 is 2.58 bits per heavy atom. The van der Waals surface area contributed by atoms with Crippen LogP contribution >= 0.6 is 0 Å². The molecular formula is C21H24N4O. The lowest BCUT2D eigenvalue weighted by Crippen LogP contribution is -2.22. The van der Waals surface area contributed by atoms with Gasteiger partial charge in [-0.3, -0.25) is 9.78 Å². The molecule has 1 amide bonds. The third-order valence-electron chi connectivity index (χ3n) is 5.16. The Balaban J connectivity index is 1.48. The zero-order chi connectivity index (χ0) is 17.9. The van der Waals surface area contributed by atoms with Gasteiger partial charge in [-0.15, -0.1) is 0 Å². The molecule has 0 unspecified atom stereocenters. The Kier molecular flexibility index (Phi) is 4.69. The van der Waals surface area contributed by atoms with E-state index in [1.54, 1.807) is 0 Å². The van der Waals surface area contributed by atoms with E-state index < -0.39 is 0 Å². The van der Waals surface area contributed by atoms with Crippen LogP contribution in [0.25, 0.3) is 22.4 Å². The SMILES string of the molecule is Cc1cc2nc(-c3ccc(NC(=O)C4CCCCCC4)cc3)[nH]c2cn1. The summed E-state index contributed by atoms with van der Waals surface area (Å²) < 4.78 is 0. The zero-order valence-electron chi connectivity index (χ0n) is 15.1. The summed E-state index contributed by atoms with van der Waals surface area (Å²) in [6.07, 6.45) is 8.67. The van der Waals surface area contributed by atoms with Gasteiger partial charge in [-0.2, -0.15) is 0 Å². The van der Waals surface area contributed by atoms with Gasteiger partial charge in [0, 0.05) is 22.9 Å². The number of carbonyl (C=O) groups is 1. The molecular weight excluding hydrogens is 324 g/mol. The molecule has 1 saturated carbocycles. The number of hydrogen-bond acceptors (Lipinski definition) is 3. The van der Waals surface area contributed by atoms with E-state index in [0.717, 1.165) is 59.5 Å². The maximum absolute atomic E-state index is 12.5. The smallest absolute Gasteiger partial charge is 0.227 e. The Morgan fingerprint density at radius 2 is 1.85 bits per heavy atom. The third kappa shape index (κ3) is 3.62. The molecule has 2 aromatic heterocycles. The molecule has 0 bridgehead atoms. The van der Waals surface area contributed by atoms with Crippen LogP contribution in [0.3, 0.4) is 0 Å². The van der Waals surface area contributed by atoms with Crippen LogP contribution < -0.4 is 5.32 Å². The van der Waals surface area contributed by atoms with E-state index in [1.807, 2.05) is 43.5 Å². The molecule has 0 aliphatic heterocycles. The lowest BCUT2D eigenvalue weighted by atomic mass is 9.99. The average molecular weight is 348 g/mol. The van der Waals surface area contributed by atoms with Crippen molar-refractivity contribution in [3.05, 3.63) is 42.2 Å². The Morgan fingerprint density at radius 1 is 1.12 bits per heavy atom. The van der Waals surface area contributed by atoms with Gasteiger partial charge in [-0.25, -0.2) is 4.98 Å². The highest BCUT2D eigenvalue weighted by Crippen LogP contribution is 2.25. The molecule has 1 aromatic carbocycles. The summed E-state index contributed by atoms with van der Waals surface area (Å²) in [6, 6.07) is 9.83. The summed E-state index contributed by atoms with van der Waals surface area (Å²) >= 11 is 0. The molecule has 26 heavy (non-hydrogen) atoms. The molecule has 0 saturated heterocycles. The quantitative estimate of drug-likeness (QED) is 0.665. The number of aromatic amines is 1. The number of hydrogen-bond donors (Lipinski definition) is 2. The standard InChI is InChI=1S/C21H24N4O/c1-14-12-18-19(13-22-14)25-20(24-18)15-8-10-17(11-9-15)23-21(26)16-6-4-2-3-5-7-16/h8-13,16H,2-7H2,1H3,(H,23,26)(H,24,25). The second-order valence-electron chi connectivity index (χ2n) is 7.18. The summed E-state index contributed by atoms with van der Waals surface area (Å²) in [7, 11) is 0. The summed E-state index contributed by atoms with van der Waals surface area (Å²) in [4.78, 5) is 24.7. The van der Waals surface area contributed by atoms with Crippen molar-refractivity contribution < 1.29 is 4.79 Å². The maximum atomic E-state index is 12.5. The van der Waals surface area contributed by atoms with Crippen molar-refractivity contribution >= 4 is 22.6 Å². The van der Waals surface area contributed by atoms with Crippen molar-refractivity contribution in [1.29, 1.82) is 0 Å². The Labute approximate surface area is 153 Å². The van der Waals surface area contributed by atoms with E-state index >= 15 is 0 Å². The van der Waals surface area contributed by atoms with Gasteiger partial charge in [0.25, 0.3) is 0 Å². The van der Waals surface area contributed by atoms with Crippen molar-refractivity contribution in [2.24, 2.45) is 5.92 Å². The molecule has 2 heterocycles. The number of pyridine rings is 1. The number of nitrogens with zero attached hydrogens (tertiary/aromatic N) is 2. The number of benzene rings is 1. The summed E-state index contributed by atoms with van der Waals surface area (Å²) in [6.45, 7) is 1.96. The van der Waals surface area contributed by atoms with Crippen LogP contribution in [0.1, 0.15) is 44.2 Å². The predicted molar refractivity (Wildman–Crippen MR) is 104 cm³/mol. The predicted octanol–water partition coefficient (Wildman–Crippen LogP) is 4.84. The molecule has 1 aliphatic carbocycles. The first-order chi connectivity index (χ1) is 12.7. The molecule has 3 aromatic rings. The molecule has 0 atom stereocenters. The van der Waals surface area contributed by atoms with Crippen LogP contribution in [0.2, 0.25) is 0 Å². The average Bonchev–Trinajstić information content (AvgIpc) is 2.87. The first-order valence-electron chi connectivity index (χ1n) is 9.43. The van der Waals surface area contributed by atoms with Crippen LogP contribution in [0.4, 0.5) is 5.69 Å². The second kappa shape index (κ2) is 7.28. The number of carbonyl (C=O) groups excluding carboxylic acids is 1. The van der Waals surface area contributed by atoms with Gasteiger partial charge in [-0.05, 0) is 50.1 Å². The van der Waals surface area contributed by atoms with E-state index in [1.165, 1.54) is 12.8 Å². The zero-order valence-corrected chi connectivity index (χ0v) is 15.1. The molecule has 1 fully saturated rings. The lowest BCUT2D eigenvalue weighted by molar-refractivity contribution is -0.120. The van der Waals surface area contributed by atoms with Gasteiger partial charge in [0.15, 0.2) is 0 Å². The fourth-order valence-electron chi connectivity index (χ4n) is 3.64. The Bertz CT molecular complexity index is 905. The number of H-pyrrole nitrogens is 1. The molecule has 4 rings (SSSR count). The van der Waals surface area contributed by atoms with Gasteiger partial charge < -0.3 is 10.3 Å². The number of aryl methyl sites for hydroxylation is 1. The molecule has 0 radical (unpaired) electrons. The molecule has 5 heteroatoms. The summed E-state index contributed by atoms with van der Waals surface area (Å²) in [5.74, 6) is 1.13. The minimum Gasteiger partial charge on any atom is -0.337 e. The van der Waals surface area contributed by atoms with Crippen LogP contribution in [0.5, 0.6) is 0 Å². The van der Waals surface area contributed by atoms with Crippen molar-refractivity contribution in [2.75, 3.05) is 5.32 Å². The monoisotopic (exact) mass is 348 g/mol. The van der Waals surface area contributed by atoms with Crippen molar-refractivity contribution in [1.82, 2.24) is 15.0 Å². The van der Waals surface area contributed by atoms with Crippen LogP contribution in [0, 0.1) is 12.8 Å². The number of imidazole rings is 1. The maximum Gasteiger partial charge on any atom is 0.227 e. The number of anilines is 1. The summed E-state index contributed by atoms with van der Waals surface area (Å²) in [5, 5.41) is 3.07. The van der Waals surface area contributed by atoms with E-state index in [4.69, 9.17) is 0 Å². The van der Waals surface area contributed by atoms with Crippen molar-refractivity contribution in [3.63, 3.8) is 0 Å². The van der Waals surface area contributed by atoms with Gasteiger partial charge in [0.05, 0.1) is 17.2 Å². The molecule has 2 N–H and O–H groups in total. The third-order valence-corrected chi connectivity index (χ3v) is 5.16. The number of rotatable bonds is 3. The minimum absolute atomic E-state index is 0.156. The number of nitrogens with one attached hydrogen (secondary N) is 2. The number of fused-ring (bicyclic) bond motifs is 1. The van der Waals surface area contributed by atoms with Crippen LogP contribution in [0.15, 0.2) is 36.5 Å². The number of aromatic nitrogens is 3. The number of amides is 1.